The minimum atomic E-state index is -4.45. The molecule has 1 aliphatic rings. The number of rotatable bonds is 9. The predicted octanol–water partition coefficient (Wildman–Crippen LogP) is 5.22. The second-order valence-corrected chi connectivity index (χ2v) is 9.11. The van der Waals surface area contributed by atoms with Gasteiger partial charge in [-0.05, 0) is 48.6 Å². The van der Waals surface area contributed by atoms with E-state index >= 15 is 0 Å². The topological polar surface area (TPSA) is 109 Å². The van der Waals surface area contributed by atoms with Crippen molar-refractivity contribution in [1.82, 2.24) is 20.1 Å². The summed E-state index contributed by atoms with van der Waals surface area (Å²) < 4.78 is 40.0. The van der Waals surface area contributed by atoms with Gasteiger partial charge in [-0.1, -0.05) is 31.4 Å². The number of carbonyl (C=O) groups excluding carboxylic acids is 1. The van der Waals surface area contributed by atoms with Crippen LogP contribution >= 0.6 is 0 Å². The smallest absolute Gasteiger partial charge is 0.419 e. The number of aromatic nitrogens is 3. The normalized spacial score (nSPS) is 15.2. The quantitative estimate of drug-likeness (QED) is 0.360. The average molecular weight is 516 g/mol. The van der Waals surface area contributed by atoms with Crippen LogP contribution in [-0.4, -0.2) is 38.3 Å². The molecular formula is C26H28F3N5O3. The Balaban J connectivity index is 1.49. The zero-order chi connectivity index (χ0) is 26.4. The number of pyridine rings is 1. The fraction of sp³-hybridized carbons (Fsp3) is 0.385. The van der Waals surface area contributed by atoms with Gasteiger partial charge in [-0.3, -0.25) is 9.59 Å². The van der Waals surface area contributed by atoms with E-state index in [0.717, 1.165) is 43.6 Å². The van der Waals surface area contributed by atoms with Crippen molar-refractivity contribution < 1.29 is 27.9 Å². The minimum absolute atomic E-state index is 0.0317. The highest BCUT2D eigenvalue weighted by Crippen LogP contribution is 2.37. The van der Waals surface area contributed by atoms with Gasteiger partial charge in [0.25, 0.3) is 5.91 Å². The molecule has 1 atom stereocenters. The van der Waals surface area contributed by atoms with Gasteiger partial charge in [0, 0.05) is 18.9 Å². The van der Waals surface area contributed by atoms with Gasteiger partial charge >= 0.3 is 12.1 Å². The second-order valence-electron chi connectivity index (χ2n) is 9.11. The van der Waals surface area contributed by atoms with Crippen LogP contribution in [0.1, 0.15) is 66.1 Å². The Hall–Kier alpha value is -3.89. The Bertz CT molecular complexity index is 1200. The standard InChI is InChI=1S/C26H28F3N5O3/c27-26(28,29)20-15-32-34(16-20)21-9-6-18(7-10-21)24(17-4-2-1-3-5-17)33-22-11-8-19(14-31-22)25(37)30-13-12-23(35)36/h6-11,14-17,24H,1-5,12-13H2,(H,30,37)(H,31,33)(H,35,36). The minimum Gasteiger partial charge on any atom is -0.481 e. The lowest BCUT2D eigenvalue weighted by atomic mass is 9.81. The van der Waals surface area contributed by atoms with Crippen LogP contribution in [0.4, 0.5) is 19.0 Å². The van der Waals surface area contributed by atoms with Gasteiger partial charge < -0.3 is 15.7 Å². The molecule has 1 saturated carbocycles. The highest BCUT2D eigenvalue weighted by atomic mass is 19.4. The lowest BCUT2D eigenvalue weighted by Gasteiger charge is -2.32. The van der Waals surface area contributed by atoms with E-state index in [1.54, 1.807) is 24.3 Å². The van der Waals surface area contributed by atoms with E-state index in [1.165, 1.54) is 17.3 Å². The van der Waals surface area contributed by atoms with Gasteiger partial charge in [-0.25, -0.2) is 9.67 Å². The largest absolute Gasteiger partial charge is 0.481 e. The first-order valence-corrected chi connectivity index (χ1v) is 12.2. The maximum absolute atomic E-state index is 12.9. The molecule has 3 aromatic rings. The summed E-state index contributed by atoms with van der Waals surface area (Å²) in [7, 11) is 0. The first kappa shape index (κ1) is 26.2. The molecule has 196 valence electrons. The Morgan fingerprint density at radius 2 is 1.78 bits per heavy atom. The number of halogens is 3. The summed E-state index contributed by atoms with van der Waals surface area (Å²) in [6, 6.07) is 10.5. The molecular weight excluding hydrogens is 487 g/mol. The summed E-state index contributed by atoms with van der Waals surface area (Å²) in [5.74, 6) is -0.451. The van der Waals surface area contributed by atoms with E-state index in [9.17, 15) is 22.8 Å². The Labute approximate surface area is 211 Å². The van der Waals surface area contributed by atoms with Gasteiger partial charge in [-0.15, -0.1) is 0 Å². The summed E-state index contributed by atoms with van der Waals surface area (Å²) in [6.45, 7) is 0.0317. The molecule has 1 fully saturated rings. The number of benzene rings is 1. The Morgan fingerprint density at radius 3 is 2.38 bits per heavy atom. The molecule has 11 heteroatoms. The number of hydrogen-bond donors (Lipinski definition) is 3. The van der Waals surface area contributed by atoms with Crippen LogP contribution in [0.3, 0.4) is 0 Å². The van der Waals surface area contributed by atoms with E-state index in [0.29, 0.717) is 23.0 Å². The summed E-state index contributed by atoms with van der Waals surface area (Å²) in [5.41, 5.74) is 1.03. The average Bonchev–Trinajstić information content (AvgIpc) is 3.39. The number of carboxylic acid groups (broad SMARTS) is 1. The molecule has 2 heterocycles. The van der Waals surface area contributed by atoms with Crippen molar-refractivity contribution in [2.75, 3.05) is 11.9 Å². The number of carboxylic acids is 1. The second kappa shape index (κ2) is 11.4. The van der Waals surface area contributed by atoms with Crippen molar-refractivity contribution in [3.63, 3.8) is 0 Å². The molecule has 8 nitrogen and oxygen atoms in total. The van der Waals surface area contributed by atoms with Crippen molar-refractivity contribution in [3.8, 4) is 5.69 Å². The number of anilines is 1. The fourth-order valence-electron chi connectivity index (χ4n) is 4.54. The molecule has 1 aliphatic carbocycles. The maximum atomic E-state index is 12.9. The summed E-state index contributed by atoms with van der Waals surface area (Å²) in [5, 5.41) is 18.6. The molecule has 3 N–H and O–H groups in total. The van der Waals surface area contributed by atoms with Crippen molar-refractivity contribution in [3.05, 3.63) is 71.7 Å². The number of nitrogens with zero attached hydrogens (tertiary/aromatic N) is 3. The number of alkyl halides is 3. The molecule has 0 saturated heterocycles. The third-order valence-corrected chi connectivity index (χ3v) is 6.50. The highest BCUT2D eigenvalue weighted by Gasteiger charge is 2.32. The molecule has 1 aromatic carbocycles. The lowest BCUT2D eigenvalue weighted by Crippen LogP contribution is -2.26. The van der Waals surface area contributed by atoms with Crippen molar-refractivity contribution >= 4 is 17.7 Å². The van der Waals surface area contributed by atoms with Gasteiger partial charge in [0.15, 0.2) is 0 Å². The van der Waals surface area contributed by atoms with Crippen LogP contribution < -0.4 is 10.6 Å². The lowest BCUT2D eigenvalue weighted by molar-refractivity contribution is -0.138. The highest BCUT2D eigenvalue weighted by molar-refractivity contribution is 5.94. The van der Waals surface area contributed by atoms with Crippen LogP contribution in [0.2, 0.25) is 0 Å². The third-order valence-electron chi connectivity index (χ3n) is 6.50. The molecule has 0 radical (unpaired) electrons. The third kappa shape index (κ3) is 6.87. The molecule has 1 unspecified atom stereocenters. The van der Waals surface area contributed by atoms with Crippen LogP contribution in [-0.2, 0) is 11.0 Å². The first-order chi connectivity index (χ1) is 17.7. The van der Waals surface area contributed by atoms with Crippen LogP contribution in [0.25, 0.3) is 5.69 Å². The molecule has 0 bridgehead atoms. The Morgan fingerprint density at radius 1 is 1.05 bits per heavy atom. The monoisotopic (exact) mass is 515 g/mol. The van der Waals surface area contributed by atoms with Crippen molar-refractivity contribution in [1.29, 1.82) is 0 Å². The van der Waals surface area contributed by atoms with E-state index in [4.69, 9.17) is 5.11 Å². The SMILES string of the molecule is O=C(O)CCNC(=O)c1ccc(NC(c2ccc(-n3cc(C(F)(F)F)cn3)cc2)C2CCCCC2)nc1. The summed E-state index contributed by atoms with van der Waals surface area (Å²) >= 11 is 0. The number of nitrogens with one attached hydrogen (secondary N) is 2. The summed E-state index contributed by atoms with van der Waals surface area (Å²) in [4.78, 5) is 27.2. The van der Waals surface area contributed by atoms with Crippen LogP contribution in [0, 0.1) is 5.92 Å². The van der Waals surface area contributed by atoms with E-state index in [1.807, 2.05) is 12.1 Å². The molecule has 37 heavy (non-hydrogen) atoms. The molecule has 0 spiro atoms. The zero-order valence-corrected chi connectivity index (χ0v) is 20.0. The molecule has 2 aromatic heterocycles. The van der Waals surface area contributed by atoms with Crippen molar-refractivity contribution in [2.45, 2.75) is 50.7 Å². The van der Waals surface area contributed by atoms with Crippen LogP contribution in [0.5, 0.6) is 0 Å². The molecule has 1 amide bonds. The van der Waals surface area contributed by atoms with E-state index in [-0.39, 0.29) is 19.0 Å². The molecule has 4 rings (SSSR count). The number of carbonyl (C=O) groups is 2. The number of hydrogen-bond acceptors (Lipinski definition) is 5. The van der Waals surface area contributed by atoms with E-state index in [2.05, 4.69) is 20.7 Å². The van der Waals surface area contributed by atoms with Crippen molar-refractivity contribution in [2.24, 2.45) is 5.92 Å². The number of aliphatic carboxylic acids is 1. The molecule has 0 aliphatic heterocycles. The maximum Gasteiger partial charge on any atom is 0.419 e. The van der Waals surface area contributed by atoms with Crippen LogP contribution in [0.15, 0.2) is 55.0 Å². The zero-order valence-electron chi connectivity index (χ0n) is 20.0. The summed E-state index contributed by atoms with van der Waals surface area (Å²) in [6.07, 6.45) is 4.11. The Kier molecular flexibility index (Phi) is 8.10. The van der Waals surface area contributed by atoms with E-state index < -0.39 is 23.6 Å². The number of amides is 1. The predicted molar refractivity (Wildman–Crippen MR) is 130 cm³/mol. The fourth-order valence-corrected chi connectivity index (χ4v) is 4.54. The van der Waals surface area contributed by atoms with Gasteiger partial charge in [-0.2, -0.15) is 18.3 Å². The van der Waals surface area contributed by atoms with Gasteiger partial charge in [0.2, 0.25) is 0 Å². The van der Waals surface area contributed by atoms with Gasteiger partial charge in [0.05, 0.1) is 35.5 Å². The van der Waals surface area contributed by atoms with Gasteiger partial charge in [0.1, 0.15) is 5.82 Å². The first-order valence-electron chi connectivity index (χ1n) is 12.2.